The summed E-state index contributed by atoms with van der Waals surface area (Å²) in [6, 6.07) is 15.7. The third kappa shape index (κ3) is 4.76. The van der Waals surface area contributed by atoms with Crippen LogP contribution in [0.25, 0.3) is 0 Å². The molecule has 2 aromatic rings. The molecule has 0 aliphatic heterocycles. The normalized spacial score (nSPS) is 13.3. The van der Waals surface area contributed by atoms with Gasteiger partial charge >= 0.3 is 5.97 Å². The SMILES string of the molecule is Cc1ccc(C(=O)C[C@H](N[C@@H](C)c2ccccc2)C(=O)O)cc1. The lowest BCUT2D eigenvalue weighted by Crippen LogP contribution is -2.40. The van der Waals surface area contributed by atoms with Crippen molar-refractivity contribution in [3.63, 3.8) is 0 Å². The number of carbonyl (C=O) groups is 2. The van der Waals surface area contributed by atoms with Crippen LogP contribution in [-0.2, 0) is 4.79 Å². The molecule has 2 aromatic carbocycles. The number of carboxylic acid groups (broad SMARTS) is 1. The number of aliphatic carboxylic acids is 1. The molecule has 0 fully saturated rings. The van der Waals surface area contributed by atoms with Crippen molar-refractivity contribution in [2.24, 2.45) is 0 Å². The van der Waals surface area contributed by atoms with Crippen LogP contribution in [0.1, 0.15) is 40.9 Å². The minimum absolute atomic E-state index is 0.0738. The monoisotopic (exact) mass is 311 g/mol. The quantitative estimate of drug-likeness (QED) is 0.769. The minimum Gasteiger partial charge on any atom is -0.480 e. The number of hydrogen-bond acceptors (Lipinski definition) is 3. The lowest BCUT2D eigenvalue weighted by molar-refractivity contribution is -0.139. The average molecular weight is 311 g/mol. The Morgan fingerprint density at radius 1 is 1.04 bits per heavy atom. The minimum atomic E-state index is -1.02. The zero-order valence-electron chi connectivity index (χ0n) is 13.3. The number of rotatable bonds is 7. The van der Waals surface area contributed by atoms with Gasteiger partial charge in [0.1, 0.15) is 6.04 Å². The van der Waals surface area contributed by atoms with Crippen molar-refractivity contribution in [3.05, 3.63) is 71.3 Å². The zero-order chi connectivity index (χ0) is 16.8. The lowest BCUT2D eigenvalue weighted by Gasteiger charge is -2.20. The first-order valence-electron chi connectivity index (χ1n) is 7.61. The van der Waals surface area contributed by atoms with Crippen LogP contribution in [-0.4, -0.2) is 22.9 Å². The van der Waals surface area contributed by atoms with Gasteiger partial charge in [-0.1, -0.05) is 60.2 Å². The van der Waals surface area contributed by atoms with Crippen molar-refractivity contribution < 1.29 is 14.7 Å². The highest BCUT2D eigenvalue weighted by Crippen LogP contribution is 2.14. The molecule has 2 N–H and O–H groups in total. The summed E-state index contributed by atoms with van der Waals surface area (Å²) in [5, 5.41) is 12.4. The molecule has 0 aliphatic carbocycles. The molecule has 23 heavy (non-hydrogen) atoms. The van der Waals surface area contributed by atoms with Crippen LogP contribution in [0.5, 0.6) is 0 Å². The van der Waals surface area contributed by atoms with E-state index in [0.29, 0.717) is 5.56 Å². The fourth-order valence-corrected chi connectivity index (χ4v) is 2.40. The van der Waals surface area contributed by atoms with E-state index < -0.39 is 12.0 Å². The second-order valence-corrected chi connectivity index (χ2v) is 5.68. The van der Waals surface area contributed by atoms with Crippen molar-refractivity contribution in [2.75, 3.05) is 0 Å². The molecule has 2 rings (SSSR count). The first-order valence-corrected chi connectivity index (χ1v) is 7.61. The summed E-state index contributed by atoms with van der Waals surface area (Å²) in [5.74, 6) is -1.20. The van der Waals surface area contributed by atoms with Gasteiger partial charge in [0.25, 0.3) is 0 Å². The van der Waals surface area contributed by atoms with Gasteiger partial charge in [0.2, 0.25) is 0 Å². The van der Waals surface area contributed by atoms with E-state index in [-0.39, 0.29) is 18.2 Å². The Bertz CT molecular complexity index is 665. The molecule has 0 unspecified atom stereocenters. The first kappa shape index (κ1) is 16.9. The van der Waals surface area contributed by atoms with Crippen LogP contribution in [0.3, 0.4) is 0 Å². The number of carboxylic acids is 1. The third-order valence-electron chi connectivity index (χ3n) is 3.81. The first-order chi connectivity index (χ1) is 11.0. The van der Waals surface area contributed by atoms with Crippen LogP contribution in [0.4, 0.5) is 0 Å². The van der Waals surface area contributed by atoms with Gasteiger partial charge in [-0.05, 0) is 19.4 Å². The van der Waals surface area contributed by atoms with Crippen LogP contribution < -0.4 is 5.32 Å². The number of carbonyl (C=O) groups excluding carboxylic acids is 1. The maximum Gasteiger partial charge on any atom is 0.321 e. The van der Waals surface area contributed by atoms with Crippen LogP contribution in [0.2, 0.25) is 0 Å². The number of benzene rings is 2. The Labute approximate surface area is 136 Å². The Kier molecular flexibility index (Phi) is 5.66. The molecule has 0 aliphatic rings. The molecule has 0 bridgehead atoms. The molecule has 0 aromatic heterocycles. The van der Waals surface area contributed by atoms with E-state index in [4.69, 9.17) is 0 Å². The second kappa shape index (κ2) is 7.70. The van der Waals surface area contributed by atoms with E-state index in [2.05, 4.69) is 5.32 Å². The number of nitrogens with one attached hydrogen (secondary N) is 1. The fraction of sp³-hybridized carbons (Fsp3) is 0.263. The van der Waals surface area contributed by atoms with Gasteiger partial charge in [-0.25, -0.2) is 0 Å². The summed E-state index contributed by atoms with van der Waals surface area (Å²) in [6.07, 6.45) is -0.0738. The second-order valence-electron chi connectivity index (χ2n) is 5.68. The Morgan fingerprint density at radius 3 is 2.22 bits per heavy atom. The smallest absolute Gasteiger partial charge is 0.321 e. The maximum absolute atomic E-state index is 12.3. The van der Waals surface area contributed by atoms with Crippen molar-refractivity contribution in [3.8, 4) is 0 Å². The van der Waals surface area contributed by atoms with Crippen LogP contribution >= 0.6 is 0 Å². The van der Waals surface area contributed by atoms with E-state index in [1.165, 1.54) is 0 Å². The van der Waals surface area contributed by atoms with Gasteiger partial charge in [-0.3, -0.25) is 14.9 Å². The van der Waals surface area contributed by atoms with Gasteiger partial charge in [-0.15, -0.1) is 0 Å². The highest BCUT2D eigenvalue weighted by molar-refractivity contribution is 5.98. The van der Waals surface area contributed by atoms with E-state index in [1.54, 1.807) is 12.1 Å². The number of ketones is 1. The fourth-order valence-electron chi connectivity index (χ4n) is 2.40. The summed E-state index contributed by atoms with van der Waals surface area (Å²) in [7, 11) is 0. The topological polar surface area (TPSA) is 66.4 Å². The molecular weight excluding hydrogens is 290 g/mol. The molecule has 0 saturated heterocycles. The molecule has 0 amide bonds. The van der Waals surface area contributed by atoms with E-state index in [9.17, 15) is 14.7 Å². The molecule has 4 nitrogen and oxygen atoms in total. The summed E-state index contributed by atoms with van der Waals surface area (Å²) in [4.78, 5) is 23.8. The standard InChI is InChI=1S/C19H21NO3/c1-13-8-10-16(11-9-13)18(21)12-17(19(22)23)20-14(2)15-6-4-3-5-7-15/h3-11,14,17,20H,12H2,1-2H3,(H,22,23)/t14-,17-/m0/s1. The summed E-state index contributed by atoms with van der Waals surface area (Å²) < 4.78 is 0. The van der Waals surface area contributed by atoms with Crippen molar-refractivity contribution in [1.29, 1.82) is 0 Å². The summed E-state index contributed by atoms with van der Waals surface area (Å²) in [5.41, 5.74) is 2.59. The molecule has 120 valence electrons. The largest absolute Gasteiger partial charge is 0.480 e. The number of Topliss-reactive ketones (excluding diaryl/α,β-unsaturated/α-hetero) is 1. The van der Waals surface area contributed by atoms with Crippen LogP contribution in [0.15, 0.2) is 54.6 Å². The average Bonchev–Trinajstić information content (AvgIpc) is 2.55. The van der Waals surface area contributed by atoms with Gasteiger partial charge in [-0.2, -0.15) is 0 Å². The molecular formula is C19H21NO3. The molecule has 2 atom stereocenters. The van der Waals surface area contributed by atoms with E-state index >= 15 is 0 Å². The van der Waals surface area contributed by atoms with E-state index in [0.717, 1.165) is 11.1 Å². The predicted octanol–water partition coefficient (Wildman–Crippen LogP) is 3.37. The van der Waals surface area contributed by atoms with Crippen molar-refractivity contribution >= 4 is 11.8 Å². The number of aryl methyl sites for hydroxylation is 1. The highest BCUT2D eigenvalue weighted by atomic mass is 16.4. The zero-order valence-corrected chi connectivity index (χ0v) is 13.3. The van der Waals surface area contributed by atoms with Crippen LogP contribution in [0, 0.1) is 6.92 Å². The van der Waals surface area contributed by atoms with Gasteiger partial charge < -0.3 is 5.11 Å². The van der Waals surface area contributed by atoms with Gasteiger partial charge in [0, 0.05) is 18.0 Å². The van der Waals surface area contributed by atoms with Gasteiger partial charge in [0.15, 0.2) is 5.78 Å². The van der Waals surface area contributed by atoms with E-state index in [1.807, 2.05) is 56.3 Å². The molecule has 0 spiro atoms. The summed E-state index contributed by atoms with van der Waals surface area (Å²) in [6.45, 7) is 3.83. The number of hydrogen-bond donors (Lipinski definition) is 2. The maximum atomic E-state index is 12.3. The highest BCUT2D eigenvalue weighted by Gasteiger charge is 2.23. The predicted molar refractivity (Wildman–Crippen MR) is 89.5 cm³/mol. The third-order valence-corrected chi connectivity index (χ3v) is 3.81. The molecule has 0 saturated carbocycles. The lowest BCUT2D eigenvalue weighted by atomic mass is 10.0. The summed E-state index contributed by atoms with van der Waals surface area (Å²) >= 11 is 0. The van der Waals surface area contributed by atoms with Crippen molar-refractivity contribution in [2.45, 2.75) is 32.4 Å². The molecule has 0 heterocycles. The Balaban J connectivity index is 2.05. The molecule has 4 heteroatoms. The Morgan fingerprint density at radius 2 is 1.65 bits per heavy atom. The Hall–Kier alpha value is -2.46. The van der Waals surface area contributed by atoms with Gasteiger partial charge in [0.05, 0.1) is 0 Å². The molecule has 0 radical (unpaired) electrons. The van der Waals surface area contributed by atoms with Crippen molar-refractivity contribution in [1.82, 2.24) is 5.32 Å².